The molecule has 2 heterocycles. The van der Waals surface area contributed by atoms with E-state index in [4.69, 9.17) is 9.26 Å². The summed E-state index contributed by atoms with van der Waals surface area (Å²) in [6, 6.07) is 13.4. The summed E-state index contributed by atoms with van der Waals surface area (Å²) in [5.41, 5.74) is -1.51. The highest BCUT2D eigenvalue weighted by Gasteiger charge is 2.33. The van der Waals surface area contributed by atoms with Gasteiger partial charge in [-0.3, -0.25) is 4.98 Å². The summed E-state index contributed by atoms with van der Waals surface area (Å²) in [6.45, 7) is 0. The summed E-state index contributed by atoms with van der Waals surface area (Å²) < 4.78 is 93.9. The molecule has 0 amide bonds. The summed E-state index contributed by atoms with van der Waals surface area (Å²) in [7, 11) is -3.20. The monoisotopic (exact) mass is 543 g/mol. The highest BCUT2D eigenvalue weighted by Crippen LogP contribution is 2.42. The zero-order valence-electron chi connectivity index (χ0n) is 19.5. The predicted molar refractivity (Wildman–Crippen MR) is 131 cm³/mol. The Kier molecular flexibility index (Phi) is 6.27. The van der Waals surface area contributed by atoms with Gasteiger partial charge in [0.1, 0.15) is 23.5 Å². The summed E-state index contributed by atoms with van der Waals surface area (Å²) >= 11 is 0. The number of benzene rings is 3. The van der Waals surface area contributed by atoms with Gasteiger partial charge in [0.25, 0.3) is 10.0 Å². The van der Waals surface area contributed by atoms with Crippen LogP contribution < -0.4 is 9.04 Å². The third-order valence-electron chi connectivity index (χ3n) is 5.77. The van der Waals surface area contributed by atoms with Crippen molar-refractivity contribution in [2.24, 2.45) is 0 Å². The number of aromatic nitrogens is 2. The molecule has 0 aliphatic carbocycles. The molecule has 0 saturated carbocycles. The molecule has 0 spiro atoms. The summed E-state index contributed by atoms with van der Waals surface area (Å²) in [4.78, 5) is 3.87. The summed E-state index contributed by atoms with van der Waals surface area (Å²) in [6.07, 6.45) is -0.404. The molecular formula is C26H17F4N3O4S. The van der Waals surface area contributed by atoms with Gasteiger partial charge in [-0.1, -0.05) is 23.4 Å². The molecule has 7 nitrogen and oxygen atoms in total. The van der Waals surface area contributed by atoms with Gasteiger partial charge in [-0.25, -0.2) is 17.1 Å². The minimum Gasteiger partial charge on any atom is -0.495 e. The van der Waals surface area contributed by atoms with Crippen LogP contribution in [0.4, 0.5) is 29.1 Å². The van der Waals surface area contributed by atoms with Crippen molar-refractivity contribution in [3.05, 3.63) is 96.8 Å². The van der Waals surface area contributed by atoms with Crippen LogP contribution in [0.2, 0.25) is 0 Å². The maximum absolute atomic E-state index is 15.5. The number of methoxy groups -OCH3 is 1. The lowest BCUT2D eigenvalue weighted by Gasteiger charge is -2.24. The number of pyridine rings is 1. The standard InChI is InChI=1S/C26H17F4N3O4S/c1-36-24-13-21(17-3-2-4-19(11-17)26(28,29)30)22(27)14-23(24)33(25-8-10-37-32-25)38(34,35)20-6-5-18-15-31-9-7-16(18)12-20/h2-15H,1H3. The van der Waals surface area contributed by atoms with E-state index in [1.807, 2.05) is 0 Å². The number of halogens is 4. The molecular weight excluding hydrogens is 526 g/mol. The average molecular weight is 543 g/mol. The first-order valence-corrected chi connectivity index (χ1v) is 12.4. The molecule has 0 fully saturated rings. The molecule has 0 aliphatic heterocycles. The van der Waals surface area contributed by atoms with E-state index in [1.54, 1.807) is 18.3 Å². The number of hydrogen-bond donors (Lipinski definition) is 0. The minimum absolute atomic E-state index is 0.0684. The maximum Gasteiger partial charge on any atom is 0.416 e. The minimum atomic E-state index is -4.63. The molecule has 38 heavy (non-hydrogen) atoms. The van der Waals surface area contributed by atoms with Gasteiger partial charge in [-0.05, 0) is 47.3 Å². The fraction of sp³-hybridized carbons (Fsp3) is 0.0769. The van der Waals surface area contributed by atoms with Gasteiger partial charge >= 0.3 is 6.18 Å². The Morgan fingerprint density at radius 2 is 1.79 bits per heavy atom. The van der Waals surface area contributed by atoms with Crippen LogP contribution in [0.3, 0.4) is 0 Å². The number of ether oxygens (including phenoxy) is 1. The Bertz CT molecular complexity index is 1740. The first-order chi connectivity index (χ1) is 18.1. The van der Waals surface area contributed by atoms with E-state index in [1.165, 1.54) is 37.6 Å². The first kappa shape index (κ1) is 25.2. The van der Waals surface area contributed by atoms with E-state index in [-0.39, 0.29) is 33.3 Å². The molecule has 2 aromatic heterocycles. The molecule has 12 heteroatoms. The molecule has 0 bridgehead atoms. The molecule has 0 unspecified atom stereocenters. The van der Waals surface area contributed by atoms with Crippen LogP contribution in [-0.4, -0.2) is 25.7 Å². The van der Waals surface area contributed by atoms with E-state index in [0.717, 1.165) is 40.9 Å². The van der Waals surface area contributed by atoms with E-state index >= 15 is 4.39 Å². The smallest absolute Gasteiger partial charge is 0.416 e. The van der Waals surface area contributed by atoms with Crippen LogP contribution in [0.15, 0.2) is 94.8 Å². The second-order valence-corrected chi connectivity index (χ2v) is 9.88. The molecule has 3 aromatic carbocycles. The Morgan fingerprint density at radius 1 is 0.974 bits per heavy atom. The Hall–Kier alpha value is -4.45. The fourth-order valence-corrected chi connectivity index (χ4v) is 5.43. The number of anilines is 2. The van der Waals surface area contributed by atoms with Gasteiger partial charge in [0, 0.05) is 35.5 Å². The van der Waals surface area contributed by atoms with E-state index in [2.05, 4.69) is 10.1 Å². The largest absolute Gasteiger partial charge is 0.495 e. The molecule has 5 aromatic rings. The zero-order valence-corrected chi connectivity index (χ0v) is 20.3. The Balaban J connectivity index is 1.68. The van der Waals surface area contributed by atoms with Gasteiger partial charge in [-0.15, -0.1) is 0 Å². The number of nitrogens with zero attached hydrogens (tertiary/aromatic N) is 3. The van der Waals surface area contributed by atoms with Crippen molar-refractivity contribution in [3.8, 4) is 16.9 Å². The number of sulfonamides is 1. The SMILES string of the molecule is COc1cc(-c2cccc(C(F)(F)F)c2)c(F)cc1N(c1ccon1)S(=O)(=O)c1ccc2cnccc2c1. The number of fused-ring (bicyclic) bond motifs is 1. The van der Waals surface area contributed by atoms with E-state index in [0.29, 0.717) is 10.8 Å². The van der Waals surface area contributed by atoms with Crippen LogP contribution in [0.1, 0.15) is 5.56 Å². The summed E-state index contributed by atoms with van der Waals surface area (Å²) in [5, 5.41) is 5.03. The highest BCUT2D eigenvalue weighted by molar-refractivity contribution is 7.93. The van der Waals surface area contributed by atoms with Gasteiger partial charge in [-0.2, -0.15) is 13.2 Å². The molecule has 0 aliphatic rings. The van der Waals surface area contributed by atoms with E-state index < -0.39 is 27.6 Å². The second-order valence-electron chi connectivity index (χ2n) is 8.09. The quantitative estimate of drug-likeness (QED) is 0.225. The van der Waals surface area contributed by atoms with Crippen molar-refractivity contribution in [1.29, 1.82) is 0 Å². The fourth-order valence-electron chi connectivity index (χ4n) is 3.96. The first-order valence-electron chi connectivity index (χ1n) is 10.9. The number of alkyl halides is 3. The second kappa shape index (κ2) is 9.45. The Morgan fingerprint density at radius 3 is 2.50 bits per heavy atom. The van der Waals surface area contributed by atoms with Gasteiger partial charge in [0.05, 0.1) is 17.6 Å². The van der Waals surface area contributed by atoms with Crippen LogP contribution in [0.25, 0.3) is 21.9 Å². The molecule has 0 saturated heterocycles. The van der Waals surface area contributed by atoms with Gasteiger partial charge < -0.3 is 9.26 Å². The van der Waals surface area contributed by atoms with Crippen LogP contribution in [0.5, 0.6) is 5.75 Å². The van der Waals surface area contributed by atoms with Crippen LogP contribution >= 0.6 is 0 Å². The van der Waals surface area contributed by atoms with Gasteiger partial charge in [0.2, 0.25) is 0 Å². The Labute approximate surface area is 213 Å². The molecule has 0 N–H and O–H groups in total. The predicted octanol–water partition coefficient (Wildman–Crippen LogP) is 6.58. The van der Waals surface area contributed by atoms with E-state index in [9.17, 15) is 21.6 Å². The van der Waals surface area contributed by atoms with Crippen molar-refractivity contribution < 1.29 is 35.2 Å². The van der Waals surface area contributed by atoms with Crippen molar-refractivity contribution in [3.63, 3.8) is 0 Å². The maximum atomic E-state index is 15.5. The normalized spacial score (nSPS) is 12.0. The van der Waals surface area contributed by atoms with Crippen LogP contribution in [-0.2, 0) is 16.2 Å². The van der Waals surface area contributed by atoms with Crippen molar-refractivity contribution in [1.82, 2.24) is 10.1 Å². The number of rotatable bonds is 6. The number of hydrogen-bond acceptors (Lipinski definition) is 6. The molecule has 5 rings (SSSR count). The van der Waals surface area contributed by atoms with Gasteiger partial charge in [0.15, 0.2) is 5.82 Å². The van der Waals surface area contributed by atoms with Crippen molar-refractivity contribution in [2.45, 2.75) is 11.1 Å². The lowest BCUT2D eigenvalue weighted by Crippen LogP contribution is -2.27. The molecule has 194 valence electrons. The third-order valence-corrected chi connectivity index (χ3v) is 7.48. The third kappa shape index (κ3) is 4.54. The average Bonchev–Trinajstić information content (AvgIpc) is 3.42. The van der Waals surface area contributed by atoms with Crippen molar-refractivity contribution in [2.75, 3.05) is 11.4 Å². The lowest BCUT2D eigenvalue weighted by atomic mass is 10.0. The topological polar surface area (TPSA) is 85.5 Å². The van der Waals surface area contributed by atoms with Crippen molar-refractivity contribution >= 4 is 32.3 Å². The van der Waals surface area contributed by atoms with Crippen LogP contribution in [0, 0.1) is 5.82 Å². The zero-order chi connectivity index (χ0) is 27.1. The highest BCUT2D eigenvalue weighted by atomic mass is 32.2. The summed E-state index contributed by atoms with van der Waals surface area (Å²) in [5.74, 6) is -1.30. The molecule has 0 radical (unpaired) electrons. The lowest BCUT2D eigenvalue weighted by molar-refractivity contribution is -0.137. The molecule has 0 atom stereocenters.